The average molecular weight is 218 g/mol. The van der Waals surface area contributed by atoms with Gasteiger partial charge < -0.3 is 5.73 Å². The molecule has 0 unspecified atom stereocenters. The highest BCUT2D eigenvalue weighted by Gasteiger charge is 2.07. The topological polar surface area (TPSA) is 43.1 Å². The second kappa shape index (κ2) is 3.99. The van der Waals surface area contributed by atoms with Crippen molar-refractivity contribution in [2.24, 2.45) is 5.73 Å². The molecule has 0 saturated carbocycles. The van der Waals surface area contributed by atoms with Crippen LogP contribution < -0.4 is 5.73 Å². The van der Waals surface area contributed by atoms with Crippen molar-refractivity contribution in [2.45, 2.75) is 13.3 Å². The Hall–Kier alpha value is -0.730. The zero-order valence-corrected chi connectivity index (χ0v) is 8.62. The fraction of sp³-hybridized carbons (Fsp3) is 0.222. The molecule has 1 rings (SSSR count). The van der Waals surface area contributed by atoms with Crippen LogP contribution in [0.4, 0.5) is 0 Å². The molecule has 0 aromatic heterocycles. The molecule has 0 atom stereocenters. The average Bonchev–Trinajstić information content (AvgIpc) is 2.06. The van der Waals surface area contributed by atoms with Crippen LogP contribution in [-0.4, -0.2) is 5.91 Å². The highest BCUT2D eigenvalue weighted by molar-refractivity contribution is 6.42. The van der Waals surface area contributed by atoms with E-state index in [0.29, 0.717) is 10.0 Å². The molecule has 1 aromatic carbocycles. The second-order valence-electron chi connectivity index (χ2n) is 2.79. The van der Waals surface area contributed by atoms with Crippen LogP contribution in [0.25, 0.3) is 0 Å². The summed E-state index contributed by atoms with van der Waals surface area (Å²) in [6.45, 7) is 1.81. The summed E-state index contributed by atoms with van der Waals surface area (Å²) >= 11 is 11.7. The van der Waals surface area contributed by atoms with Gasteiger partial charge in [-0.2, -0.15) is 0 Å². The van der Waals surface area contributed by atoms with E-state index in [1.807, 2.05) is 6.92 Å². The molecule has 13 heavy (non-hydrogen) atoms. The molecule has 2 N–H and O–H groups in total. The highest BCUT2D eigenvalue weighted by atomic mass is 35.5. The summed E-state index contributed by atoms with van der Waals surface area (Å²) in [6, 6.07) is 3.42. The monoisotopic (exact) mass is 217 g/mol. The molecule has 0 aliphatic carbocycles. The molecule has 0 radical (unpaired) electrons. The summed E-state index contributed by atoms with van der Waals surface area (Å²) in [6.07, 6.45) is 0.197. The summed E-state index contributed by atoms with van der Waals surface area (Å²) in [7, 11) is 0. The zero-order valence-electron chi connectivity index (χ0n) is 7.10. The molecular weight excluding hydrogens is 209 g/mol. The quantitative estimate of drug-likeness (QED) is 0.813. The van der Waals surface area contributed by atoms with Crippen LogP contribution in [0.5, 0.6) is 0 Å². The van der Waals surface area contributed by atoms with Crippen LogP contribution in [0, 0.1) is 6.92 Å². The molecule has 2 nitrogen and oxygen atoms in total. The number of halogens is 2. The van der Waals surface area contributed by atoms with Gasteiger partial charge in [-0.3, -0.25) is 4.79 Å². The maximum atomic E-state index is 10.7. The van der Waals surface area contributed by atoms with Crippen molar-refractivity contribution in [1.29, 1.82) is 0 Å². The molecule has 1 amide bonds. The normalized spacial score (nSPS) is 10.1. The van der Waals surface area contributed by atoms with E-state index in [1.54, 1.807) is 12.1 Å². The molecular formula is C9H9Cl2NO. The molecule has 0 bridgehead atoms. The largest absolute Gasteiger partial charge is 0.369 e. The molecule has 0 aliphatic heterocycles. The number of carbonyl (C=O) groups excluding carboxylic acids is 1. The first-order valence-electron chi connectivity index (χ1n) is 3.74. The van der Waals surface area contributed by atoms with Crippen molar-refractivity contribution < 1.29 is 4.79 Å². The van der Waals surface area contributed by atoms with E-state index in [2.05, 4.69) is 0 Å². The number of nitrogens with two attached hydrogens (primary N) is 1. The summed E-state index contributed by atoms with van der Waals surface area (Å²) in [5, 5.41) is 0.979. The maximum Gasteiger partial charge on any atom is 0.221 e. The van der Waals surface area contributed by atoms with Crippen molar-refractivity contribution in [1.82, 2.24) is 0 Å². The van der Waals surface area contributed by atoms with E-state index in [9.17, 15) is 4.79 Å². The van der Waals surface area contributed by atoms with Crippen molar-refractivity contribution in [3.05, 3.63) is 33.3 Å². The number of primary amides is 1. The van der Waals surface area contributed by atoms with Gasteiger partial charge in [0.15, 0.2) is 0 Å². The van der Waals surface area contributed by atoms with Gasteiger partial charge >= 0.3 is 0 Å². The summed E-state index contributed by atoms with van der Waals surface area (Å²) in [4.78, 5) is 10.7. The van der Waals surface area contributed by atoms with E-state index in [-0.39, 0.29) is 12.3 Å². The zero-order chi connectivity index (χ0) is 10.0. The Balaban J connectivity index is 3.10. The number of amides is 1. The van der Waals surface area contributed by atoms with Crippen LogP contribution in [-0.2, 0) is 11.2 Å². The lowest BCUT2D eigenvalue weighted by Gasteiger charge is -2.06. The van der Waals surface area contributed by atoms with Gasteiger partial charge in [0.05, 0.1) is 16.5 Å². The number of carbonyl (C=O) groups is 1. The third kappa shape index (κ3) is 2.36. The van der Waals surface area contributed by atoms with E-state index >= 15 is 0 Å². The van der Waals surface area contributed by atoms with Crippen LogP contribution in [0.2, 0.25) is 10.0 Å². The number of hydrogen-bond donors (Lipinski definition) is 1. The lowest BCUT2D eigenvalue weighted by molar-refractivity contribution is -0.117. The van der Waals surface area contributed by atoms with Crippen LogP contribution in [0.15, 0.2) is 12.1 Å². The van der Waals surface area contributed by atoms with Gasteiger partial charge in [0.1, 0.15) is 0 Å². The SMILES string of the molecule is Cc1c(CC(N)=O)ccc(Cl)c1Cl. The van der Waals surface area contributed by atoms with Crippen molar-refractivity contribution in [2.75, 3.05) is 0 Å². The van der Waals surface area contributed by atoms with Crippen molar-refractivity contribution in [3.8, 4) is 0 Å². The van der Waals surface area contributed by atoms with E-state index < -0.39 is 0 Å². The van der Waals surface area contributed by atoms with Gasteiger partial charge in [0.2, 0.25) is 5.91 Å². The highest BCUT2D eigenvalue weighted by Crippen LogP contribution is 2.27. The summed E-state index contributed by atoms with van der Waals surface area (Å²) in [5.74, 6) is -0.374. The number of rotatable bonds is 2. The van der Waals surface area contributed by atoms with Crippen molar-refractivity contribution >= 4 is 29.1 Å². The molecule has 0 aliphatic rings. The predicted octanol–water partition coefficient (Wildman–Crippen LogP) is 2.33. The van der Waals surface area contributed by atoms with E-state index in [4.69, 9.17) is 28.9 Å². The Morgan fingerprint density at radius 3 is 2.62 bits per heavy atom. The van der Waals surface area contributed by atoms with Gasteiger partial charge in [-0.15, -0.1) is 0 Å². The third-order valence-electron chi connectivity index (χ3n) is 1.82. The maximum absolute atomic E-state index is 10.7. The fourth-order valence-electron chi connectivity index (χ4n) is 1.07. The Labute approximate surface area is 86.6 Å². The molecule has 1 aromatic rings. The van der Waals surface area contributed by atoms with E-state index in [1.165, 1.54) is 0 Å². The summed E-state index contributed by atoms with van der Waals surface area (Å²) < 4.78 is 0. The number of hydrogen-bond acceptors (Lipinski definition) is 1. The van der Waals surface area contributed by atoms with Crippen molar-refractivity contribution in [3.63, 3.8) is 0 Å². The summed E-state index contributed by atoms with van der Waals surface area (Å²) in [5.41, 5.74) is 6.70. The lowest BCUT2D eigenvalue weighted by Crippen LogP contribution is -2.14. The lowest BCUT2D eigenvalue weighted by atomic mass is 10.1. The molecule has 70 valence electrons. The standard InChI is InChI=1S/C9H9Cl2NO/c1-5-6(4-8(12)13)2-3-7(10)9(5)11/h2-3H,4H2,1H3,(H2,12,13). The Morgan fingerprint density at radius 2 is 2.08 bits per heavy atom. The first-order valence-corrected chi connectivity index (χ1v) is 4.49. The van der Waals surface area contributed by atoms with Gasteiger partial charge in [0, 0.05) is 0 Å². The van der Waals surface area contributed by atoms with Crippen LogP contribution in [0.1, 0.15) is 11.1 Å². The first-order chi connectivity index (χ1) is 6.02. The molecule has 0 spiro atoms. The van der Waals surface area contributed by atoms with Crippen LogP contribution in [0.3, 0.4) is 0 Å². The second-order valence-corrected chi connectivity index (χ2v) is 3.57. The van der Waals surface area contributed by atoms with Gasteiger partial charge in [0.25, 0.3) is 0 Å². The smallest absolute Gasteiger partial charge is 0.221 e. The fourth-order valence-corrected chi connectivity index (χ4v) is 1.46. The first kappa shape index (κ1) is 10.4. The molecule has 0 heterocycles. The molecule has 0 fully saturated rings. The van der Waals surface area contributed by atoms with E-state index in [0.717, 1.165) is 11.1 Å². The molecule has 0 saturated heterocycles. The minimum absolute atomic E-state index is 0.197. The van der Waals surface area contributed by atoms with Gasteiger partial charge in [-0.1, -0.05) is 29.3 Å². The minimum Gasteiger partial charge on any atom is -0.369 e. The predicted molar refractivity (Wildman–Crippen MR) is 54.1 cm³/mol. The Kier molecular flexibility index (Phi) is 3.17. The van der Waals surface area contributed by atoms with Crippen LogP contribution >= 0.6 is 23.2 Å². The Bertz CT molecular complexity index is 350. The third-order valence-corrected chi connectivity index (χ3v) is 2.71. The molecule has 4 heteroatoms. The van der Waals surface area contributed by atoms with Gasteiger partial charge in [-0.05, 0) is 24.1 Å². The van der Waals surface area contributed by atoms with Gasteiger partial charge in [-0.25, -0.2) is 0 Å². The number of benzene rings is 1. The minimum atomic E-state index is -0.374. The Morgan fingerprint density at radius 1 is 1.46 bits per heavy atom.